The van der Waals surface area contributed by atoms with Crippen molar-refractivity contribution in [3.63, 3.8) is 0 Å². The summed E-state index contributed by atoms with van der Waals surface area (Å²) >= 11 is 0. The van der Waals surface area contributed by atoms with Gasteiger partial charge in [-0.05, 0) is 39.5 Å². The number of methoxy groups -OCH3 is 1. The van der Waals surface area contributed by atoms with Gasteiger partial charge >= 0.3 is 0 Å². The summed E-state index contributed by atoms with van der Waals surface area (Å²) in [5, 5.41) is 3.13. The summed E-state index contributed by atoms with van der Waals surface area (Å²) < 4.78 is 10.6. The Hall–Kier alpha value is -1.92. The summed E-state index contributed by atoms with van der Waals surface area (Å²) in [6.07, 6.45) is 0. The van der Waals surface area contributed by atoms with Crippen molar-refractivity contribution >= 4 is 5.69 Å². The summed E-state index contributed by atoms with van der Waals surface area (Å²) in [6.45, 7) is 10.2. The number of rotatable bonds is 4. The zero-order valence-corrected chi connectivity index (χ0v) is 12.0. The van der Waals surface area contributed by atoms with Crippen LogP contribution in [0.25, 0.3) is 0 Å². The molecule has 0 aliphatic carbocycles. The van der Waals surface area contributed by atoms with E-state index < -0.39 is 0 Å². The molecule has 1 aromatic carbocycles. The van der Waals surface area contributed by atoms with E-state index in [2.05, 4.69) is 23.7 Å². The first-order valence-electron chi connectivity index (χ1n) is 6.14. The third-order valence-corrected chi connectivity index (χ3v) is 2.07. The predicted octanol–water partition coefficient (Wildman–Crippen LogP) is 3.38. The highest BCUT2D eigenvalue weighted by Gasteiger charge is 2.12. The summed E-state index contributed by atoms with van der Waals surface area (Å²) in [7, 11) is 1.62. The van der Waals surface area contributed by atoms with Gasteiger partial charge < -0.3 is 14.8 Å². The van der Waals surface area contributed by atoms with Gasteiger partial charge in [0.15, 0.2) is 5.88 Å². The minimum atomic E-state index is -0.277. The molecule has 3 heteroatoms. The molecule has 0 radical (unpaired) electrons. The fraction of sp³-hybridized carbons (Fsp3) is 0.375. The Kier molecular flexibility index (Phi) is 5.47. The quantitative estimate of drug-likeness (QED) is 0.664. The summed E-state index contributed by atoms with van der Waals surface area (Å²) in [6, 6.07) is 7.76. The third kappa shape index (κ3) is 5.98. The van der Waals surface area contributed by atoms with Crippen LogP contribution in [0.15, 0.2) is 36.7 Å². The molecular weight excluding hydrogens is 238 g/mol. The highest BCUT2D eigenvalue weighted by molar-refractivity contribution is 5.60. The molecule has 0 saturated carbocycles. The molecule has 0 aliphatic heterocycles. The van der Waals surface area contributed by atoms with Crippen LogP contribution >= 0.6 is 0 Å². The molecule has 1 N–H and O–H groups in total. The fourth-order valence-corrected chi connectivity index (χ4v) is 1.45. The van der Waals surface area contributed by atoms with E-state index in [1.165, 1.54) is 0 Å². The van der Waals surface area contributed by atoms with Crippen LogP contribution in [0.3, 0.4) is 0 Å². The van der Waals surface area contributed by atoms with Crippen molar-refractivity contribution in [2.24, 2.45) is 0 Å². The van der Waals surface area contributed by atoms with Crippen LogP contribution in [0, 0.1) is 11.8 Å². The average Bonchev–Trinajstić information content (AvgIpc) is 2.29. The van der Waals surface area contributed by atoms with Crippen molar-refractivity contribution in [1.29, 1.82) is 0 Å². The van der Waals surface area contributed by atoms with E-state index in [-0.39, 0.29) is 5.60 Å². The molecule has 1 rings (SSSR count). The van der Waals surface area contributed by atoms with Crippen molar-refractivity contribution in [1.82, 2.24) is 0 Å². The third-order valence-electron chi connectivity index (χ3n) is 2.07. The van der Waals surface area contributed by atoms with Crippen LogP contribution in [-0.4, -0.2) is 19.3 Å². The highest BCUT2D eigenvalue weighted by Crippen LogP contribution is 2.18. The molecule has 0 spiro atoms. The molecule has 0 fully saturated rings. The lowest BCUT2D eigenvalue weighted by atomic mass is 10.2. The van der Waals surface area contributed by atoms with E-state index in [1.54, 1.807) is 7.11 Å². The van der Waals surface area contributed by atoms with E-state index in [0.29, 0.717) is 12.5 Å². The largest absolute Gasteiger partial charge is 0.474 e. The molecule has 19 heavy (non-hydrogen) atoms. The standard InChI is InChI=1S/C16H21NO2/c1-13(19-16(2,3)4)17-15-11-7-6-9-14(15)10-8-12-18-5/h6-7,9,11,17H,1,12H2,2-5H3. The summed E-state index contributed by atoms with van der Waals surface area (Å²) in [5.41, 5.74) is 1.49. The van der Waals surface area contributed by atoms with E-state index in [1.807, 2.05) is 45.0 Å². The highest BCUT2D eigenvalue weighted by atomic mass is 16.5. The molecule has 0 aliphatic rings. The first-order valence-corrected chi connectivity index (χ1v) is 6.14. The molecule has 0 heterocycles. The predicted molar refractivity (Wildman–Crippen MR) is 78.8 cm³/mol. The van der Waals surface area contributed by atoms with Crippen LogP contribution in [-0.2, 0) is 9.47 Å². The Balaban J connectivity index is 2.79. The molecule has 0 saturated heterocycles. The van der Waals surface area contributed by atoms with Gasteiger partial charge in [0.1, 0.15) is 12.2 Å². The van der Waals surface area contributed by atoms with E-state index in [0.717, 1.165) is 11.3 Å². The second kappa shape index (κ2) is 6.86. The first-order chi connectivity index (χ1) is 8.92. The van der Waals surface area contributed by atoms with Gasteiger partial charge in [-0.3, -0.25) is 0 Å². The van der Waals surface area contributed by atoms with Crippen LogP contribution < -0.4 is 5.32 Å². The number of benzene rings is 1. The maximum absolute atomic E-state index is 5.64. The fourth-order valence-electron chi connectivity index (χ4n) is 1.45. The Morgan fingerprint density at radius 3 is 2.63 bits per heavy atom. The summed E-state index contributed by atoms with van der Waals surface area (Å²) in [5.74, 6) is 6.49. The lowest BCUT2D eigenvalue weighted by Gasteiger charge is -2.23. The number of hydrogen-bond acceptors (Lipinski definition) is 3. The van der Waals surface area contributed by atoms with Crippen LogP contribution in [0.5, 0.6) is 0 Å². The molecule has 3 nitrogen and oxygen atoms in total. The Morgan fingerprint density at radius 1 is 1.32 bits per heavy atom. The van der Waals surface area contributed by atoms with Crippen molar-refractivity contribution in [2.75, 3.05) is 19.0 Å². The zero-order valence-electron chi connectivity index (χ0n) is 12.0. The first kappa shape index (κ1) is 15.1. The number of hydrogen-bond donors (Lipinski definition) is 1. The molecule has 0 aromatic heterocycles. The van der Waals surface area contributed by atoms with Crippen molar-refractivity contribution in [2.45, 2.75) is 26.4 Å². The maximum Gasteiger partial charge on any atom is 0.184 e. The number of para-hydroxylation sites is 1. The lowest BCUT2D eigenvalue weighted by molar-refractivity contribution is 0.0565. The van der Waals surface area contributed by atoms with Gasteiger partial charge in [-0.1, -0.05) is 24.0 Å². The minimum absolute atomic E-state index is 0.277. The Labute approximate surface area is 115 Å². The van der Waals surface area contributed by atoms with Gasteiger partial charge in [0.05, 0.1) is 5.69 Å². The molecule has 102 valence electrons. The van der Waals surface area contributed by atoms with Crippen LogP contribution in [0.4, 0.5) is 5.69 Å². The second-order valence-corrected chi connectivity index (χ2v) is 5.04. The lowest BCUT2D eigenvalue weighted by Crippen LogP contribution is -2.21. The zero-order chi connectivity index (χ0) is 14.3. The average molecular weight is 259 g/mol. The summed E-state index contributed by atoms with van der Waals surface area (Å²) in [4.78, 5) is 0. The monoisotopic (exact) mass is 259 g/mol. The molecule has 0 amide bonds. The smallest absolute Gasteiger partial charge is 0.184 e. The Morgan fingerprint density at radius 2 is 2.00 bits per heavy atom. The van der Waals surface area contributed by atoms with Crippen molar-refractivity contribution in [3.05, 3.63) is 42.3 Å². The van der Waals surface area contributed by atoms with E-state index in [9.17, 15) is 0 Å². The molecular formula is C16H21NO2. The molecule has 1 aromatic rings. The van der Waals surface area contributed by atoms with Crippen molar-refractivity contribution in [3.8, 4) is 11.8 Å². The molecule has 0 atom stereocenters. The van der Waals surface area contributed by atoms with Crippen LogP contribution in [0.1, 0.15) is 26.3 Å². The number of anilines is 1. The van der Waals surface area contributed by atoms with Gasteiger partial charge in [-0.25, -0.2) is 0 Å². The van der Waals surface area contributed by atoms with Gasteiger partial charge in [0.25, 0.3) is 0 Å². The van der Waals surface area contributed by atoms with Gasteiger partial charge in [0.2, 0.25) is 0 Å². The number of nitrogens with one attached hydrogen (secondary N) is 1. The van der Waals surface area contributed by atoms with Crippen molar-refractivity contribution < 1.29 is 9.47 Å². The molecule has 0 unspecified atom stereocenters. The second-order valence-electron chi connectivity index (χ2n) is 5.04. The van der Waals surface area contributed by atoms with Gasteiger partial charge in [-0.2, -0.15) is 0 Å². The Bertz CT molecular complexity index is 489. The van der Waals surface area contributed by atoms with Gasteiger partial charge in [-0.15, -0.1) is 0 Å². The van der Waals surface area contributed by atoms with Crippen LogP contribution in [0.2, 0.25) is 0 Å². The number of ether oxygens (including phenoxy) is 2. The van der Waals surface area contributed by atoms with E-state index in [4.69, 9.17) is 9.47 Å². The normalized spacial score (nSPS) is 10.3. The molecule has 0 bridgehead atoms. The topological polar surface area (TPSA) is 30.5 Å². The maximum atomic E-state index is 5.64. The SMILES string of the molecule is C=C(Nc1ccccc1C#CCOC)OC(C)(C)C. The minimum Gasteiger partial charge on any atom is -0.474 e. The van der Waals surface area contributed by atoms with Gasteiger partial charge in [0, 0.05) is 12.7 Å². The van der Waals surface area contributed by atoms with E-state index >= 15 is 0 Å².